The lowest BCUT2D eigenvalue weighted by Crippen LogP contribution is -2.28. The minimum atomic E-state index is -0.134. The number of carbonyl (C=O) groups excluding carboxylic acids is 1. The van der Waals surface area contributed by atoms with E-state index in [0.717, 1.165) is 22.5 Å². The van der Waals surface area contributed by atoms with E-state index in [4.69, 9.17) is 4.74 Å². The first-order valence-corrected chi connectivity index (χ1v) is 7.31. The Morgan fingerprint density at radius 2 is 2.00 bits per heavy atom. The third kappa shape index (κ3) is 2.84. The number of aromatic nitrogens is 2. The van der Waals surface area contributed by atoms with Gasteiger partial charge in [0.15, 0.2) is 0 Å². The predicted octanol–water partition coefficient (Wildman–Crippen LogP) is 2.84. The van der Waals surface area contributed by atoms with Crippen LogP contribution in [-0.4, -0.2) is 22.8 Å². The van der Waals surface area contributed by atoms with E-state index in [1.165, 1.54) is 0 Å². The third-order valence-electron chi connectivity index (χ3n) is 4.03. The molecule has 1 amide bonds. The maximum atomic E-state index is 12.6. The summed E-state index contributed by atoms with van der Waals surface area (Å²) in [7, 11) is 3.48. The number of amides is 1. The first kappa shape index (κ1) is 16.1. The fourth-order valence-electron chi connectivity index (χ4n) is 2.86. The molecule has 0 saturated heterocycles. The van der Waals surface area contributed by atoms with Gasteiger partial charge in [-0.3, -0.25) is 9.48 Å². The molecular weight excluding hydrogens is 278 g/mol. The van der Waals surface area contributed by atoms with Crippen LogP contribution in [0.1, 0.15) is 45.8 Å². The van der Waals surface area contributed by atoms with Gasteiger partial charge in [-0.1, -0.05) is 12.1 Å². The third-order valence-corrected chi connectivity index (χ3v) is 4.03. The fraction of sp³-hybridized carbons (Fsp3) is 0.412. The summed E-state index contributed by atoms with van der Waals surface area (Å²) in [5.74, 6) is 0.453. The van der Waals surface area contributed by atoms with Crippen LogP contribution in [0, 0.1) is 20.8 Å². The highest BCUT2D eigenvalue weighted by Gasteiger charge is 2.21. The van der Waals surface area contributed by atoms with Gasteiger partial charge in [0.05, 0.1) is 24.4 Å². The minimum absolute atomic E-state index is 0.120. The molecule has 0 aliphatic rings. The van der Waals surface area contributed by atoms with Crippen molar-refractivity contribution in [2.24, 2.45) is 7.05 Å². The summed E-state index contributed by atoms with van der Waals surface area (Å²) in [5.41, 5.74) is 4.52. The number of nitrogens with zero attached hydrogens (tertiary/aromatic N) is 2. The van der Waals surface area contributed by atoms with E-state index in [0.29, 0.717) is 11.3 Å². The van der Waals surface area contributed by atoms with Crippen LogP contribution < -0.4 is 10.1 Å². The van der Waals surface area contributed by atoms with E-state index >= 15 is 0 Å². The van der Waals surface area contributed by atoms with Gasteiger partial charge < -0.3 is 10.1 Å². The lowest BCUT2D eigenvalue weighted by molar-refractivity contribution is 0.0936. The lowest BCUT2D eigenvalue weighted by atomic mass is 10.0. The molecule has 2 aromatic rings. The number of ether oxygens (including phenoxy) is 1. The van der Waals surface area contributed by atoms with Crippen LogP contribution in [0.2, 0.25) is 0 Å². The molecule has 118 valence electrons. The Morgan fingerprint density at radius 1 is 1.32 bits per heavy atom. The van der Waals surface area contributed by atoms with E-state index in [-0.39, 0.29) is 11.9 Å². The molecule has 0 saturated carbocycles. The van der Waals surface area contributed by atoms with Gasteiger partial charge in [0.2, 0.25) is 0 Å². The largest absolute Gasteiger partial charge is 0.496 e. The molecule has 0 spiro atoms. The molecular formula is C17H23N3O2. The fourth-order valence-corrected chi connectivity index (χ4v) is 2.86. The number of rotatable bonds is 4. The van der Waals surface area contributed by atoms with Crippen molar-refractivity contribution in [1.82, 2.24) is 15.1 Å². The summed E-state index contributed by atoms with van der Waals surface area (Å²) < 4.78 is 7.14. The SMILES string of the molecule is COc1cccc(C)c1C(=O)NC(C)c1c(C)nn(C)c1C. The molecule has 22 heavy (non-hydrogen) atoms. The van der Waals surface area contributed by atoms with Crippen molar-refractivity contribution in [3.63, 3.8) is 0 Å². The number of carbonyl (C=O) groups is 1. The Labute approximate surface area is 131 Å². The molecule has 1 N–H and O–H groups in total. The zero-order valence-corrected chi connectivity index (χ0v) is 14.0. The number of hydrogen-bond acceptors (Lipinski definition) is 3. The highest BCUT2D eigenvalue weighted by Crippen LogP contribution is 2.25. The van der Waals surface area contributed by atoms with Gasteiger partial charge in [-0.15, -0.1) is 0 Å². The normalized spacial score (nSPS) is 12.1. The van der Waals surface area contributed by atoms with E-state index in [2.05, 4.69) is 10.4 Å². The quantitative estimate of drug-likeness (QED) is 0.944. The second-order valence-corrected chi connectivity index (χ2v) is 5.56. The zero-order chi connectivity index (χ0) is 16.4. The molecule has 2 rings (SSSR count). The van der Waals surface area contributed by atoms with Gasteiger partial charge in [0.1, 0.15) is 5.75 Å². The van der Waals surface area contributed by atoms with Crippen molar-refractivity contribution in [2.45, 2.75) is 33.7 Å². The Morgan fingerprint density at radius 3 is 2.55 bits per heavy atom. The molecule has 0 aliphatic heterocycles. The first-order valence-electron chi connectivity index (χ1n) is 7.31. The molecule has 1 aromatic heterocycles. The Balaban J connectivity index is 2.29. The van der Waals surface area contributed by atoms with Crippen molar-refractivity contribution in [3.05, 3.63) is 46.3 Å². The predicted molar refractivity (Wildman–Crippen MR) is 86.3 cm³/mol. The second-order valence-electron chi connectivity index (χ2n) is 5.56. The molecule has 5 heteroatoms. The molecule has 0 bridgehead atoms. The van der Waals surface area contributed by atoms with Gasteiger partial charge in [0, 0.05) is 18.3 Å². The lowest BCUT2D eigenvalue weighted by Gasteiger charge is -2.17. The van der Waals surface area contributed by atoms with Gasteiger partial charge >= 0.3 is 0 Å². The Bertz CT molecular complexity index is 704. The summed E-state index contributed by atoms with van der Waals surface area (Å²) in [5, 5.41) is 7.45. The highest BCUT2D eigenvalue weighted by molar-refractivity contribution is 5.98. The van der Waals surface area contributed by atoms with Crippen molar-refractivity contribution in [2.75, 3.05) is 7.11 Å². The average Bonchev–Trinajstić information content (AvgIpc) is 2.71. The van der Waals surface area contributed by atoms with E-state index in [9.17, 15) is 4.79 Å². The molecule has 0 fully saturated rings. The van der Waals surface area contributed by atoms with E-state index < -0.39 is 0 Å². The summed E-state index contributed by atoms with van der Waals surface area (Å²) in [6.07, 6.45) is 0. The Kier molecular flexibility index (Phi) is 4.54. The van der Waals surface area contributed by atoms with Gasteiger partial charge in [0.25, 0.3) is 5.91 Å². The summed E-state index contributed by atoms with van der Waals surface area (Å²) in [4.78, 5) is 12.6. The van der Waals surface area contributed by atoms with Gasteiger partial charge in [-0.2, -0.15) is 5.10 Å². The minimum Gasteiger partial charge on any atom is -0.496 e. The molecule has 1 heterocycles. The summed E-state index contributed by atoms with van der Waals surface area (Å²) >= 11 is 0. The zero-order valence-electron chi connectivity index (χ0n) is 14.0. The second kappa shape index (κ2) is 6.22. The van der Waals surface area contributed by atoms with Crippen LogP contribution in [-0.2, 0) is 7.05 Å². The van der Waals surface area contributed by atoms with E-state index in [1.807, 2.05) is 51.6 Å². The maximum absolute atomic E-state index is 12.6. The van der Waals surface area contributed by atoms with Crippen molar-refractivity contribution >= 4 is 5.91 Å². The first-order chi connectivity index (χ1) is 10.4. The van der Waals surface area contributed by atoms with Gasteiger partial charge in [-0.25, -0.2) is 0 Å². The molecule has 0 aliphatic carbocycles. The molecule has 0 radical (unpaired) electrons. The van der Waals surface area contributed by atoms with Crippen LogP contribution in [0.5, 0.6) is 5.75 Å². The van der Waals surface area contributed by atoms with Crippen molar-refractivity contribution < 1.29 is 9.53 Å². The monoisotopic (exact) mass is 301 g/mol. The van der Waals surface area contributed by atoms with Crippen LogP contribution in [0.25, 0.3) is 0 Å². The maximum Gasteiger partial charge on any atom is 0.255 e. The standard InChI is InChI=1S/C17H23N3O2/c1-10-8-7-9-14(22-6)15(10)17(21)18-11(2)16-12(3)19-20(5)13(16)4/h7-9,11H,1-6H3,(H,18,21). The number of nitrogens with one attached hydrogen (secondary N) is 1. The smallest absolute Gasteiger partial charge is 0.255 e. The highest BCUT2D eigenvalue weighted by atomic mass is 16.5. The van der Waals surface area contributed by atoms with Crippen molar-refractivity contribution in [3.8, 4) is 5.75 Å². The molecule has 1 unspecified atom stereocenters. The van der Waals surface area contributed by atoms with Gasteiger partial charge in [-0.05, 0) is 39.3 Å². The molecule has 5 nitrogen and oxygen atoms in total. The number of hydrogen-bond donors (Lipinski definition) is 1. The van der Waals surface area contributed by atoms with Crippen LogP contribution >= 0.6 is 0 Å². The van der Waals surface area contributed by atoms with Crippen molar-refractivity contribution in [1.29, 1.82) is 0 Å². The number of aryl methyl sites for hydroxylation is 3. The van der Waals surface area contributed by atoms with E-state index in [1.54, 1.807) is 13.2 Å². The number of benzene rings is 1. The Hall–Kier alpha value is -2.30. The average molecular weight is 301 g/mol. The molecule has 1 aromatic carbocycles. The topological polar surface area (TPSA) is 56.1 Å². The van der Waals surface area contributed by atoms with Crippen LogP contribution in [0.4, 0.5) is 0 Å². The number of methoxy groups -OCH3 is 1. The van der Waals surface area contributed by atoms with Crippen LogP contribution in [0.15, 0.2) is 18.2 Å². The molecule has 1 atom stereocenters. The van der Waals surface area contributed by atoms with Crippen LogP contribution in [0.3, 0.4) is 0 Å². The summed E-state index contributed by atoms with van der Waals surface area (Å²) in [6, 6.07) is 5.46. The summed E-state index contributed by atoms with van der Waals surface area (Å²) in [6.45, 7) is 7.84.